The molecule has 4 aliphatic heterocycles. The van der Waals surface area contributed by atoms with Crippen molar-refractivity contribution in [3.8, 4) is 0 Å². The molecule has 15 nitrogen and oxygen atoms in total. The molecule has 2 aromatic rings. The molecule has 4 heterocycles. The molecule has 1 aliphatic carbocycles. The van der Waals surface area contributed by atoms with Crippen molar-refractivity contribution in [2.24, 2.45) is 11.8 Å². The first-order valence-corrected chi connectivity index (χ1v) is 16.2. The average Bonchev–Trinajstić information content (AvgIpc) is 3.54. The Morgan fingerprint density at radius 2 is 1.14 bits per heavy atom. The fourth-order valence-electron chi connectivity index (χ4n) is 7.41. The van der Waals surface area contributed by atoms with Crippen LogP contribution < -0.4 is 21.3 Å². The van der Waals surface area contributed by atoms with Crippen molar-refractivity contribution in [2.75, 3.05) is 10.6 Å². The van der Waals surface area contributed by atoms with E-state index in [1.54, 1.807) is 18.2 Å². The van der Waals surface area contributed by atoms with Crippen molar-refractivity contribution in [1.29, 1.82) is 0 Å². The number of benzene rings is 2. The molecule has 252 valence electrons. The van der Waals surface area contributed by atoms with E-state index in [2.05, 4.69) is 21.3 Å². The third kappa shape index (κ3) is 5.64. The molecule has 0 spiro atoms. The molecule has 3 fully saturated rings. The molecule has 2 atom stereocenters. The van der Waals surface area contributed by atoms with Crippen LogP contribution in [0.15, 0.2) is 36.4 Å². The van der Waals surface area contributed by atoms with Crippen LogP contribution in [0.1, 0.15) is 88.0 Å². The Morgan fingerprint density at radius 3 is 1.73 bits per heavy atom. The number of rotatable bonds is 6. The number of imide groups is 3. The van der Waals surface area contributed by atoms with Crippen LogP contribution in [0.2, 0.25) is 0 Å². The molecule has 9 amide bonds. The number of fused-ring (bicyclic) bond motifs is 2. The zero-order valence-electron chi connectivity index (χ0n) is 26.2. The molecule has 2 unspecified atom stereocenters. The van der Waals surface area contributed by atoms with Crippen molar-refractivity contribution in [2.45, 2.75) is 70.0 Å². The molecule has 2 saturated heterocycles. The number of nitrogens with zero attached hydrogens (tertiary/aromatic N) is 2. The zero-order chi connectivity index (χ0) is 34.6. The predicted molar refractivity (Wildman–Crippen MR) is 168 cm³/mol. The summed E-state index contributed by atoms with van der Waals surface area (Å²) in [4.78, 5) is 117. The van der Waals surface area contributed by atoms with Crippen LogP contribution in [-0.2, 0) is 35.3 Å². The Balaban J connectivity index is 0.968. The van der Waals surface area contributed by atoms with Gasteiger partial charge in [-0.1, -0.05) is 12.1 Å². The number of anilines is 2. The summed E-state index contributed by atoms with van der Waals surface area (Å²) in [7, 11) is 0. The third-order valence-corrected chi connectivity index (χ3v) is 10.0. The lowest BCUT2D eigenvalue weighted by atomic mass is 9.81. The predicted octanol–water partition coefficient (Wildman–Crippen LogP) is 1.23. The van der Waals surface area contributed by atoms with Gasteiger partial charge in [0.1, 0.15) is 12.1 Å². The number of carbonyl (C=O) groups excluding carboxylic acids is 9. The molecule has 0 bridgehead atoms. The van der Waals surface area contributed by atoms with Crippen molar-refractivity contribution in [3.63, 3.8) is 0 Å². The number of hydrogen-bond acceptors (Lipinski definition) is 9. The molecule has 15 heteroatoms. The highest BCUT2D eigenvalue weighted by atomic mass is 16.2. The van der Waals surface area contributed by atoms with Crippen LogP contribution in [0.3, 0.4) is 0 Å². The fourth-order valence-corrected chi connectivity index (χ4v) is 7.41. The van der Waals surface area contributed by atoms with E-state index in [0.29, 0.717) is 42.5 Å². The van der Waals surface area contributed by atoms with Gasteiger partial charge in [0.2, 0.25) is 35.4 Å². The quantitative estimate of drug-likeness (QED) is 0.326. The van der Waals surface area contributed by atoms with Gasteiger partial charge in [0, 0.05) is 48.0 Å². The fraction of sp³-hybridized carbons (Fsp3) is 0.382. The van der Waals surface area contributed by atoms with Crippen molar-refractivity contribution in [3.05, 3.63) is 58.7 Å². The Labute approximate surface area is 279 Å². The van der Waals surface area contributed by atoms with Gasteiger partial charge in [-0.2, -0.15) is 0 Å². The van der Waals surface area contributed by atoms with Gasteiger partial charge in [-0.3, -0.25) is 58.7 Å². The first-order valence-electron chi connectivity index (χ1n) is 16.2. The molecule has 4 N–H and O–H groups in total. The maximum Gasteiger partial charge on any atom is 0.264 e. The van der Waals surface area contributed by atoms with Crippen LogP contribution in [0.5, 0.6) is 0 Å². The second-order valence-corrected chi connectivity index (χ2v) is 12.9. The van der Waals surface area contributed by atoms with Gasteiger partial charge < -0.3 is 15.5 Å². The molecule has 0 radical (unpaired) electrons. The lowest BCUT2D eigenvalue weighted by Crippen LogP contribution is -2.54. The Bertz CT molecular complexity index is 1880. The number of hydrogen-bond donors (Lipinski definition) is 4. The van der Waals surface area contributed by atoms with E-state index in [4.69, 9.17) is 0 Å². The lowest BCUT2D eigenvalue weighted by molar-refractivity contribution is -0.138. The minimum Gasteiger partial charge on any atom is -0.326 e. The van der Waals surface area contributed by atoms with E-state index in [0.717, 1.165) is 4.90 Å². The van der Waals surface area contributed by atoms with Gasteiger partial charge in [-0.25, -0.2) is 0 Å². The van der Waals surface area contributed by atoms with E-state index in [1.807, 2.05) is 0 Å². The second kappa shape index (κ2) is 12.4. The van der Waals surface area contributed by atoms with Crippen LogP contribution >= 0.6 is 0 Å². The largest absolute Gasteiger partial charge is 0.326 e. The summed E-state index contributed by atoms with van der Waals surface area (Å²) in [5.74, 6) is -5.30. The van der Waals surface area contributed by atoms with Crippen LogP contribution in [-0.4, -0.2) is 75.0 Å². The molecule has 5 aliphatic rings. The lowest BCUT2D eigenvalue weighted by Gasteiger charge is -2.29. The van der Waals surface area contributed by atoms with Gasteiger partial charge in [0.05, 0.1) is 16.8 Å². The number of nitrogens with one attached hydrogen (secondary N) is 4. The van der Waals surface area contributed by atoms with Gasteiger partial charge in [-0.05, 0) is 62.8 Å². The van der Waals surface area contributed by atoms with Crippen LogP contribution in [0.4, 0.5) is 11.4 Å². The number of carbonyl (C=O) groups is 9. The average molecular weight is 669 g/mol. The first-order chi connectivity index (χ1) is 23.5. The maximum absolute atomic E-state index is 13.4. The summed E-state index contributed by atoms with van der Waals surface area (Å²) in [6, 6.07) is 7.59. The number of piperidine rings is 2. The molecule has 1 saturated carbocycles. The summed E-state index contributed by atoms with van der Waals surface area (Å²) >= 11 is 0. The number of amides is 9. The van der Waals surface area contributed by atoms with Gasteiger partial charge in [-0.15, -0.1) is 0 Å². The molecule has 7 rings (SSSR count). The van der Waals surface area contributed by atoms with E-state index in [9.17, 15) is 43.2 Å². The summed E-state index contributed by atoms with van der Waals surface area (Å²) in [6.07, 6.45) is 1.97. The summed E-state index contributed by atoms with van der Waals surface area (Å²) in [6.45, 7) is 0.117. The topological polar surface area (TPSA) is 208 Å². The first kappa shape index (κ1) is 31.8. The molecule has 49 heavy (non-hydrogen) atoms. The monoisotopic (exact) mass is 668 g/mol. The van der Waals surface area contributed by atoms with Gasteiger partial charge in [0.15, 0.2) is 0 Å². The maximum atomic E-state index is 13.4. The highest BCUT2D eigenvalue weighted by Crippen LogP contribution is 2.36. The minimum atomic E-state index is -1.13. The molecular weight excluding hydrogens is 636 g/mol. The Morgan fingerprint density at radius 1 is 0.612 bits per heavy atom. The zero-order valence-corrected chi connectivity index (χ0v) is 26.2. The van der Waals surface area contributed by atoms with E-state index < -0.39 is 53.5 Å². The molecular formula is C34H32N6O9. The highest BCUT2D eigenvalue weighted by molar-refractivity contribution is 6.26. The van der Waals surface area contributed by atoms with Crippen molar-refractivity contribution in [1.82, 2.24) is 20.4 Å². The molecule has 0 aromatic heterocycles. The summed E-state index contributed by atoms with van der Waals surface area (Å²) in [5.41, 5.74) is 1.64. The summed E-state index contributed by atoms with van der Waals surface area (Å²) in [5, 5.41) is 10.2. The Kier molecular flexibility index (Phi) is 8.04. The second-order valence-electron chi connectivity index (χ2n) is 12.9. The van der Waals surface area contributed by atoms with Gasteiger partial charge in [0.25, 0.3) is 17.7 Å². The van der Waals surface area contributed by atoms with Crippen molar-refractivity contribution < 1.29 is 43.2 Å². The van der Waals surface area contributed by atoms with Crippen LogP contribution in [0.25, 0.3) is 0 Å². The highest BCUT2D eigenvalue weighted by Gasteiger charge is 2.46. The smallest absolute Gasteiger partial charge is 0.264 e. The van der Waals surface area contributed by atoms with E-state index >= 15 is 0 Å². The van der Waals surface area contributed by atoms with E-state index in [1.165, 1.54) is 23.1 Å². The van der Waals surface area contributed by atoms with Crippen LogP contribution in [0, 0.1) is 11.8 Å². The van der Waals surface area contributed by atoms with Crippen molar-refractivity contribution >= 4 is 64.5 Å². The SMILES string of the molecule is O=C1CCC(N2Cc3c(NC(=O)[C@H]4CC[C@H](C(=O)Nc5cccc6c5C(=O)N(C5CCC(=O)NC5=O)C6=O)CC4)cccc3C2=O)C(=O)N1. The Hall–Kier alpha value is -5.73. The standard InChI is InChI=1S/C34H32N6O9/c41-25-13-11-23(30(45)37-25)39-15-20-18(32(39)47)3-1-5-21(20)35-28(43)16-7-9-17(10-8-16)29(44)36-22-6-2-4-19-27(22)34(49)40(33(19)48)24-12-14-26(42)38-31(24)46/h1-6,16-17,23-24H,7-15H2,(H,35,43)(H,36,44)(H,37,41,45)(H,38,42,46)/t16-,17-,23?,24?. The summed E-state index contributed by atoms with van der Waals surface area (Å²) < 4.78 is 0. The third-order valence-electron chi connectivity index (χ3n) is 10.0. The van der Waals surface area contributed by atoms with Gasteiger partial charge >= 0.3 is 0 Å². The molecule has 2 aromatic carbocycles. The minimum absolute atomic E-state index is 0.00944. The van der Waals surface area contributed by atoms with E-state index in [-0.39, 0.29) is 72.7 Å². The normalized spacial score (nSPS) is 25.1.